The minimum Gasteiger partial charge on any atom is -0.447 e. The van der Waals surface area contributed by atoms with E-state index >= 15 is 9.59 Å². The van der Waals surface area contributed by atoms with Gasteiger partial charge in [-0.15, -0.1) is 39.5 Å². The topological polar surface area (TPSA) is 209 Å². The van der Waals surface area contributed by atoms with Gasteiger partial charge in [-0.25, -0.2) is 24.4 Å². The van der Waals surface area contributed by atoms with Gasteiger partial charge in [-0.2, -0.15) is 9.50 Å². The molecule has 452 valence electrons. The lowest BCUT2D eigenvalue weighted by Crippen LogP contribution is -2.70. The number of fused-ring (bicyclic) bond motifs is 2. The summed E-state index contributed by atoms with van der Waals surface area (Å²) >= 11 is 3.71. The molecule has 0 spiro atoms. The first-order chi connectivity index (χ1) is 44.6. The summed E-state index contributed by atoms with van der Waals surface area (Å²) in [5, 5.41) is 19.2. The number of aromatic nitrogens is 5. The number of ether oxygens (including phenoxy) is 2. The van der Waals surface area contributed by atoms with E-state index < -0.39 is 69.6 Å². The maximum Gasteiger partial charge on any atom is 0.381 e. The van der Waals surface area contributed by atoms with Crippen LogP contribution in [-0.4, -0.2) is 86.3 Å². The predicted molar refractivity (Wildman–Crippen MR) is 353 cm³/mol. The summed E-state index contributed by atoms with van der Waals surface area (Å²) in [5.74, 6) is -2.73. The predicted octanol–water partition coefficient (Wildman–Crippen LogP) is 13.4. The van der Waals surface area contributed by atoms with Crippen LogP contribution in [0.15, 0.2) is 251 Å². The highest BCUT2D eigenvalue weighted by atomic mass is 32.2. The highest BCUT2D eigenvalue weighted by Crippen LogP contribution is 2.46. The van der Waals surface area contributed by atoms with Crippen LogP contribution in [0.4, 0.5) is 9.93 Å². The number of benzene rings is 7. The largest absolute Gasteiger partial charge is 0.447 e. The molecule has 2 amide bonds. The van der Waals surface area contributed by atoms with E-state index in [0.29, 0.717) is 33.6 Å². The second-order valence-corrected chi connectivity index (χ2v) is 25.9. The van der Waals surface area contributed by atoms with Crippen molar-refractivity contribution in [2.75, 3.05) is 11.1 Å². The molecule has 17 nitrogen and oxygen atoms in total. The molecule has 0 saturated carbocycles. The highest BCUT2D eigenvalue weighted by Gasteiger charge is 2.54. The van der Waals surface area contributed by atoms with E-state index in [1.54, 1.807) is 29.8 Å². The monoisotopic (exact) mass is 1280 g/mol. The highest BCUT2D eigenvalue weighted by molar-refractivity contribution is 8.27. The van der Waals surface area contributed by atoms with Crippen LogP contribution >= 0.6 is 45.1 Å². The van der Waals surface area contributed by atoms with E-state index in [2.05, 4.69) is 30.9 Å². The lowest BCUT2D eigenvalue weighted by molar-refractivity contribution is -0.143. The molecule has 11 aromatic rings. The first-order valence-corrected chi connectivity index (χ1v) is 33.0. The molecule has 21 heteroatoms. The summed E-state index contributed by atoms with van der Waals surface area (Å²) < 4.78 is 15.7. The van der Waals surface area contributed by atoms with E-state index in [0.717, 1.165) is 50.3 Å². The zero-order valence-corrected chi connectivity index (χ0v) is 51.8. The number of carbonyl (C=O) groups is 5. The average molecular weight is 1280 g/mol. The van der Waals surface area contributed by atoms with Crippen molar-refractivity contribution in [2.45, 2.75) is 54.6 Å². The van der Waals surface area contributed by atoms with Gasteiger partial charge in [0.1, 0.15) is 27.2 Å². The molecule has 0 aliphatic carbocycles. The van der Waals surface area contributed by atoms with Gasteiger partial charge in [-0.3, -0.25) is 13.9 Å². The van der Waals surface area contributed by atoms with Gasteiger partial charge in [-0.1, -0.05) is 224 Å². The fourth-order valence-electron chi connectivity index (χ4n) is 11.1. The molecule has 6 heterocycles. The first-order valence-electron chi connectivity index (χ1n) is 29.0. The number of hydrogen-bond donors (Lipinski definition) is 2. The fourth-order valence-corrected chi connectivity index (χ4v) is 16.0. The molecule has 91 heavy (non-hydrogen) atoms. The molecule has 0 bridgehead atoms. The van der Waals surface area contributed by atoms with Crippen molar-refractivity contribution in [1.82, 2.24) is 34.2 Å². The fraction of sp³-hybridized carbons (Fsp3) is 0.129. The number of esters is 1. The van der Waals surface area contributed by atoms with Gasteiger partial charge in [0.25, 0.3) is 23.4 Å². The number of nitrogens with one attached hydrogen (secondary N) is 2. The number of oxime groups is 1. The zero-order valence-electron chi connectivity index (χ0n) is 48.6. The molecule has 1 fully saturated rings. The van der Waals surface area contributed by atoms with E-state index in [9.17, 15) is 14.4 Å². The Balaban J connectivity index is 0.810. The lowest BCUT2D eigenvalue weighted by atomic mass is 9.77. The van der Waals surface area contributed by atoms with Crippen LogP contribution in [0.2, 0.25) is 0 Å². The Hall–Kier alpha value is -10.2. The summed E-state index contributed by atoms with van der Waals surface area (Å²) in [6.07, 6.45) is -0.881. The van der Waals surface area contributed by atoms with Crippen molar-refractivity contribution < 1.29 is 38.3 Å². The quantitative estimate of drug-likeness (QED) is 0.00837. The van der Waals surface area contributed by atoms with Crippen LogP contribution < -0.4 is 10.6 Å². The molecule has 2 aliphatic heterocycles. The third kappa shape index (κ3) is 12.6. The number of β-lactam (4-membered cyclic amide) rings is 1. The molecule has 2 aliphatic rings. The van der Waals surface area contributed by atoms with Crippen LogP contribution in [0, 0.1) is 6.92 Å². The minimum atomic E-state index is -1.62. The molecular formula is C70H55N9O8S4. The number of thiophene rings is 1. The summed E-state index contributed by atoms with van der Waals surface area (Å²) in [5.41, 5.74) is 5.08. The third-order valence-electron chi connectivity index (χ3n) is 15.4. The van der Waals surface area contributed by atoms with Gasteiger partial charge in [-0.05, 0) is 81.1 Å². The standard InChI is InChI=1S/C70H55N9O8S4/c1-45-42-57(78-67(71-45)74-62(76-78)66(83)85-60(46-24-9-2-10-25-46)47-26-11-3-12-27-47)89-43-53-39-40-55-59(64(81)79(55)91(53)69(84)86-61(48-28-13-4-14-29-48)49-30-15-5-16-31-49)73-63(80)58(77-87-65(82)56-38-23-41-88-56)54-44-90-68(72-54)75-70(50-32-17-6-18-33-50,51-34-19-7-20-35-51)52-36-21-8-22-37-52/h2-38,41-42,44,55,59-61H,39-40,43H2,1H3,(H,72,75)(H,73,80)/b77-58-/t55-,59-,91?/m1/s1. The second kappa shape index (κ2) is 26.9. The Morgan fingerprint density at radius 2 is 1.19 bits per heavy atom. The maximum atomic E-state index is 15.3. The van der Waals surface area contributed by atoms with Crippen molar-refractivity contribution in [3.8, 4) is 0 Å². The Morgan fingerprint density at radius 1 is 0.659 bits per heavy atom. The Kier molecular flexibility index (Phi) is 17.6. The number of rotatable bonds is 20. The maximum absolute atomic E-state index is 15.3. The Bertz CT molecular complexity index is 4310. The van der Waals surface area contributed by atoms with E-state index in [-0.39, 0.29) is 33.6 Å². The molecular weight excluding hydrogens is 1220 g/mol. The van der Waals surface area contributed by atoms with Crippen molar-refractivity contribution in [2.24, 2.45) is 5.16 Å². The summed E-state index contributed by atoms with van der Waals surface area (Å²) in [4.78, 5) is 93.3. The van der Waals surface area contributed by atoms with Gasteiger partial charge in [0.05, 0.1) is 6.04 Å². The number of carbonyl (C=O) groups excluding carboxylic acids is 5. The van der Waals surface area contributed by atoms with Gasteiger partial charge in [0.15, 0.2) is 23.1 Å². The van der Waals surface area contributed by atoms with Crippen LogP contribution in [-0.2, 0) is 29.4 Å². The number of thiazole rings is 1. The SMILES string of the molecule is Cc1cc(SCC2=S(C(=O)OC(c3ccccc3)c3ccccc3)N3C(=O)[C@H](NC(=O)/C(=N\OC(=O)c4cccs4)c4csc(NC(c5ccccc5)(c5ccccc5)c5ccccc5)n4)[C@H]3CC2)n2nc(C(=O)OC(c3ccccc3)c3ccccc3)nc2n1. The molecule has 4 aromatic heterocycles. The van der Waals surface area contributed by atoms with E-state index in [4.69, 9.17) is 19.3 Å². The minimum absolute atomic E-state index is 0.0728. The normalized spacial score (nSPS) is 15.6. The molecule has 13 rings (SSSR count). The third-order valence-corrected chi connectivity index (χ3v) is 20.5. The first kappa shape index (κ1) is 59.8. The van der Waals surface area contributed by atoms with Crippen molar-refractivity contribution in [3.63, 3.8) is 0 Å². The number of hydrogen-bond acceptors (Lipinski definition) is 17. The molecule has 7 aromatic carbocycles. The molecule has 2 N–H and O–H groups in total. The van der Waals surface area contributed by atoms with Gasteiger partial charge in [0.2, 0.25) is 0 Å². The lowest BCUT2D eigenvalue weighted by Gasteiger charge is -2.50. The van der Waals surface area contributed by atoms with Crippen LogP contribution in [0.5, 0.6) is 0 Å². The van der Waals surface area contributed by atoms with E-state index in [1.165, 1.54) is 31.9 Å². The van der Waals surface area contributed by atoms with Crippen molar-refractivity contribution in [3.05, 3.63) is 302 Å². The number of amides is 2. The van der Waals surface area contributed by atoms with Gasteiger partial charge >= 0.3 is 17.2 Å². The van der Waals surface area contributed by atoms with Gasteiger partial charge in [0, 0.05) is 27.5 Å². The Morgan fingerprint density at radius 3 is 1.71 bits per heavy atom. The van der Waals surface area contributed by atoms with E-state index in [1.807, 2.05) is 218 Å². The Labute approximate surface area is 537 Å². The molecule has 1 saturated heterocycles. The summed E-state index contributed by atoms with van der Waals surface area (Å²) in [6, 6.07) is 70.8. The van der Waals surface area contributed by atoms with Gasteiger partial charge < -0.3 is 24.9 Å². The van der Waals surface area contributed by atoms with Crippen LogP contribution in [0.1, 0.15) is 95.7 Å². The van der Waals surface area contributed by atoms with Crippen LogP contribution in [0.3, 0.4) is 0 Å². The molecule has 0 radical (unpaired) electrons. The number of anilines is 1. The summed E-state index contributed by atoms with van der Waals surface area (Å²) in [7, 11) is -1.62. The van der Waals surface area contributed by atoms with Crippen molar-refractivity contribution in [1.29, 1.82) is 0 Å². The smallest absolute Gasteiger partial charge is 0.381 e. The summed E-state index contributed by atoms with van der Waals surface area (Å²) in [6.45, 7) is 1.81. The second-order valence-electron chi connectivity index (χ2n) is 21.2. The number of aryl methyl sites for hydroxylation is 1. The molecule has 1 unspecified atom stereocenters. The average Bonchev–Trinajstić information content (AvgIpc) is 1.25. The van der Waals surface area contributed by atoms with Crippen LogP contribution in [0.25, 0.3) is 5.78 Å². The van der Waals surface area contributed by atoms with Crippen molar-refractivity contribution >= 4 is 95.6 Å². The molecule has 3 atom stereocenters. The number of thioether (sulfide) groups is 1. The zero-order chi connectivity index (χ0) is 62.3. The number of nitrogens with zero attached hydrogens (tertiary/aromatic N) is 7.